The molecule has 10 nitrogen and oxygen atoms in total. The standard InChI is InChI=1S/C33H36F2N6O4/c1-18(2)26-28(19(3)11-12-36-26)41-30-22(15-24(35)27(37-30)25-21(17-42)9-8-10-23(25)34)29(38-31(41)43)40-14-13-39(16-20(40)4)32(44)45-33(5,6)7/h8-12,15,17-18,20H,13-14,16H2,1-7H3/t20-/m0/s1/i3D3. The third-order valence-corrected chi connectivity index (χ3v) is 7.49. The van der Waals surface area contributed by atoms with Gasteiger partial charge >= 0.3 is 11.8 Å². The molecule has 3 aromatic heterocycles. The SMILES string of the molecule is [2H]C([2H])([2H])c1ccnc(C(C)C)c1-n1c(=O)nc(N2CCN(C(=O)OC(C)(C)C)C[C@@H]2C)c2cc(F)c(-c3c(F)cccc3C=O)nc21. The van der Waals surface area contributed by atoms with E-state index in [1.165, 1.54) is 29.3 Å². The highest BCUT2D eigenvalue weighted by molar-refractivity contribution is 5.93. The maximum absolute atomic E-state index is 16.1. The van der Waals surface area contributed by atoms with Gasteiger partial charge in [-0.15, -0.1) is 0 Å². The number of anilines is 1. The Balaban J connectivity index is 1.81. The predicted molar refractivity (Wildman–Crippen MR) is 167 cm³/mol. The molecule has 0 radical (unpaired) electrons. The van der Waals surface area contributed by atoms with Crippen molar-refractivity contribution in [1.82, 2.24) is 24.4 Å². The first-order valence-electron chi connectivity index (χ1n) is 16.0. The van der Waals surface area contributed by atoms with Crippen molar-refractivity contribution in [2.24, 2.45) is 0 Å². The molecule has 12 heteroatoms. The zero-order chi connectivity index (χ0) is 35.3. The minimum Gasteiger partial charge on any atom is -0.444 e. The molecule has 0 saturated carbocycles. The van der Waals surface area contributed by atoms with Crippen LogP contribution in [0.15, 0.2) is 41.3 Å². The lowest BCUT2D eigenvalue weighted by molar-refractivity contribution is 0.0218. The van der Waals surface area contributed by atoms with E-state index >= 15 is 8.78 Å². The maximum Gasteiger partial charge on any atom is 0.410 e. The fourth-order valence-electron chi connectivity index (χ4n) is 5.48. The summed E-state index contributed by atoms with van der Waals surface area (Å²) in [6, 6.07) is 5.53. The van der Waals surface area contributed by atoms with Crippen molar-refractivity contribution < 1.29 is 27.2 Å². The van der Waals surface area contributed by atoms with Gasteiger partial charge in [0.15, 0.2) is 17.8 Å². The van der Waals surface area contributed by atoms with E-state index in [9.17, 15) is 14.4 Å². The lowest BCUT2D eigenvalue weighted by atomic mass is 10.0. The number of carbonyl (C=O) groups excluding carboxylic acids is 2. The molecule has 0 spiro atoms. The van der Waals surface area contributed by atoms with Gasteiger partial charge < -0.3 is 14.5 Å². The van der Waals surface area contributed by atoms with Crippen LogP contribution in [-0.4, -0.2) is 68.1 Å². The summed E-state index contributed by atoms with van der Waals surface area (Å²) in [4.78, 5) is 55.3. The molecule has 1 atom stereocenters. The van der Waals surface area contributed by atoms with Crippen molar-refractivity contribution >= 4 is 29.2 Å². The number of aryl methyl sites for hydroxylation is 1. The van der Waals surface area contributed by atoms with Crippen LogP contribution < -0.4 is 10.6 Å². The van der Waals surface area contributed by atoms with E-state index in [4.69, 9.17) is 8.85 Å². The van der Waals surface area contributed by atoms with Gasteiger partial charge in [0.05, 0.1) is 16.8 Å². The second-order valence-electron chi connectivity index (χ2n) is 12.3. The molecule has 0 unspecified atom stereocenters. The largest absolute Gasteiger partial charge is 0.444 e. The van der Waals surface area contributed by atoms with Gasteiger partial charge in [-0.05, 0) is 64.2 Å². The number of piperazine rings is 1. The first-order valence-corrected chi connectivity index (χ1v) is 14.5. The monoisotopic (exact) mass is 621 g/mol. The van der Waals surface area contributed by atoms with Gasteiger partial charge in [0, 0.05) is 47.1 Å². The Morgan fingerprint density at radius 1 is 1.16 bits per heavy atom. The Morgan fingerprint density at radius 3 is 2.56 bits per heavy atom. The summed E-state index contributed by atoms with van der Waals surface area (Å²) < 4.78 is 62.6. The molecule has 1 saturated heterocycles. The number of fused-ring (bicyclic) bond motifs is 1. The van der Waals surface area contributed by atoms with E-state index in [-0.39, 0.29) is 64.9 Å². The summed E-state index contributed by atoms with van der Waals surface area (Å²) in [7, 11) is 0. The molecule has 4 heterocycles. The summed E-state index contributed by atoms with van der Waals surface area (Å²) in [5, 5.41) is 0.0208. The van der Waals surface area contributed by atoms with E-state index in [0.717, 1.165) is 16.7 Å². The molecule has 1 aromatic carbocycles. The summed E-state index contributed by atoms with van der Waals surface area (Å²) in [6.45, 7) is 8.47. The van der Waals surface area contributed by atoms with Crippen LogP contribution in [0.3, 0.4) is 0 Å². The van der Waals surface area contributed by atoms with Crippen LogP contribution in [0.4, 0.5) is 19.4 Å². The Kier molecular flexibility index (Phi) is 7.40. The normalized spacial score (nSPS) is 16.8. The van der Waals surface area contributed by atoms with Crippen LogP contribution in [0.5, 0.6) is 0 Å². The minimum absolute atomic E-state index is 0.0208. The fraction of sp³-hybridized carbons (Fsp3) is 0.394. The number of halogens is 2. The highest BCUT2D eigenvalue weighted by atomic mass is 19.1. The van der Waals surface area contributed by atoms with E-state index < -0.39 is 53.2 Å². The van der Waals surface area contributed by atoms with Crippen molar-refractivity contribution in [2.75, 3.05) is 24.5 Å². The van der Waals surface area contributed by atoms with Crippen molar-refractivity contribution in [2.45, 2.75) is 66.0 Å². The van der Waals surface area contributed by atoms with E-state index in [1.807, 2.05) is 0 Å². The third-order valence-electron chi connectivity index (χ3n) is 7.49. The number of amides is 1. The number of pyridine rings is 2. The molecule has 45 heavy (non-hydrogen) atoms. The first-order chi connectivity index (χ1) is 22.4. The smallest absolute Gasteiger partial charge is 0.410 e. The summed E-state index contributed by atoms with van der Waals surface area (Å²) in [5.41, 5.74) is -3.09. The number of carbonyl (C=O) groups is 2. The van der Waals surface area contributed by atoms with Crippen LogP contribution in [-0.2, 0) is 4.74 Å². The zero-order valence-corrected chi connectivity index (χ0v) is 25.9. The molecule has 0 N–H and O–H groups in total. The van der Waals surface area contributed by atoms with E-state index in [2.05, 4.69) is 15.0 Å². The van der Waals surface area contributed by atoms with Gasteiger partial charge in [0.25, 0.3) is 0 Å². The molecule has 1 amide bonds. The summed E-state index contributed by atoms with van der Waals surface area (Å²) >= 11 is 0. The third kappa shape index (κ3) is 6.01. The molecule has 1 fully saturated rings. The Hall–Kier alpha value is -4.74. The second-order valence-corrected chi connectivity index (χ2v) is 12.3. The first kappa shape index (κ1) is 27.8. The lowest BCUT2D eigenvalue weighted by Gasteiger charge is -2.41. The lowest BCUT2D eigenvalue weighted by Crippen LogP contribution is -2.55. The highest BCUT2D eigenvalue weighted by Gasteiger charge is 2.33. The average Bonchev–Trinajstić information content (AvgIpc) is 2.99. The van der Waals surface area contributed by atoms with Crippen molar-refractivity contribution in [3.05, 3.63) is 75.5 Å². The average molecular weight is 622 g/mol. The molecule has 1 aliphatic rings. The number of nitrogens with zero attached hydrogens (tertiary/aromatic N) is 6. The molecular formula is C33H36F2N6O4. The minimum atomic E-state index is -2.71. The van der Waals surface area contributed by atoms with Gasteiger partial charge in [0.2, 0.25) is 0 Å². The Morgan fingerprint density at radius 2 is 1.91 bits per heavy atom. The van der Waals surface area contributed by atoms with Gasteiger partial charge in [-0.2, -0.15) is 4.98 Å². The predicted octanol–water partition coefficient (Wildman–Crippen LogP) is 5.81. The number of aldehydes is 1. The highest BCUT2D eigenvalue weighted by Crippen LogP contribution is 2.35. The number of ether oxygens (including phenoxy) is 1. The number of hydrogen-bond donors (Lipinski definition) is 0. The van der Waals surface area contributed by atoms with Gasteiger partial charge in [-0.25, -0.2) is 27.9 Å². The Labute approximate surface area is 263 Å². The molecule has 1 aliphatic heterocycles. The molecule has 4 aromatic rings. The molecule has 236 valence electrons. The van der Waals surface area contributed by atoms with Crippen molar-refractivity contribution in [3.8, 4) is 16.9 Å². The summed E-state index contributed by atoms with van der Waals surface area (Å²) in [5.74, 6) is -2.27. The van der Waals surface area contributed by atoms with Gasteiger partial charge in [-0.1, -0.05) is 26.0 Å². The van der Waals surface area contributed by atoms with Crippen LogP contribution in [0, 0.1) is 18.5 Å². The summed E-state index contributed by atoms with van der Waals surface area (Å²) in [6.07, 6.45) is 1.19. The Bertz CT molecular complexity index is 1980. The van der Waals surface area contributed by atoms with Crippen molar-refractivity contribution in [3.63, 3.8) is 0 Å². The zero-order valence-electron chi connectivity index (χ0n) is 28.9. The van der Waals surface area contributed by atoms with Gasteiger partial charge in [-0.3, -0.25) is 9.78 Å². The number of rotatable bonds is 5. The van der Waals surface area contributed by atoms with Gasteiger partial charge in [0.1, 0.15) is 22.9 Å². The topological polar surface area (TPSA) is 111 Å². The van der Waals surface area contributed by atoms with Crippen LogP contribution in [0.1, 0.15) is 73.2 Å². The number of benzene rings is 1. The number of hydrogen-bond acceptors (Lipinski definition) is 8. The van der Waals surface area contributed by atoms with Crippen molar-refractivity contribution in [1.29, 1.82) is 0 Å². The molecule has 0 aliphatic carbocycles. The molecule has 0 bridgehead atoms. The second kappa shape index (κ2) is 12.0. The molecule has 5 rings (SSSR count). The van der Waals surface area contributed by atoms with E-state index in [0.29, 0.717) is 6.29 Å². The maximum atomic E-state index is 16.1. The number of aromatic nitrogens is 4. The van der Waals surface area contributed by atoms with E-state index in [1.54, 1.807) is 46.4 Å². The quantitative estimate of drug-likeness (QED) is 0.257. The van der Waals surface area contributed by atoms with Crippen LogP contribution >= 0.6 is 0 Å². The fourth-order valence-corrected chi connectivity index (χ4v) is 5.48. The molecular weight excluding hydrogens is 582 g/mol. The van der Waals surface area contributed by atoms with Crippen LogP contribution in [0.2, 0.25) is 0 Å². The van der Waals surface area contributed by atoms with Crippen LogP contribution in [0.25, 0.3) is 28.0 Å².